The van der Waals surface area contributed by atoms with Gasteiger partial charge >= 0.3 is 0 Å². The second-order valence-corrected chi connectivity index (χ2v) is 4.92. The fraction of sp³-hybridized carbons (Fsp3) is 0.500. The van der Waals surface area contributed by atoms with Crippen LogP contribution in [0.3, 0.4) is 0 Å². The summed E-state index contributed by atoms with van der Waals surface area (Å²) in [7, 11) is 0. The lowest BCUT2D eigenvalue weighted by Crippen LogP contribution is -2.37. The number of hydrogen-bond acceptors (Lipinski definition) is 3. The van der Waals surface area contributed by atoms with Crippen molar-refractivity contribution in [1.82, 2.24) is 0 Å². The molecule has 0 aromatic heterocycles. The number of halogens is 2. The Morgan fingerprint density at radius 2 is 2.05 bits per heavy atom. The summed E-state index contributed by atoms with van der Waals surface area (Å²) in [5.74, 6) is -1.15. The number of nitrogens with zero attached hydrogens (tertiary/aromatic N) is 1. The molecule has 0 spiro atoms. The summed E-state index contributed by atoms with van der Waals surface area (Å²) in [6.07, 6.45) is 2.89. The molecule has 0 amide bonds. The van der Waals surface area contributed by atoms with E-state index in [0.29, 0.717) is 25.8 Å². The number of aliphatic hydroxyl groups is 1. The Kier molecular flexibility index (Phi) is 4.47. The summed E-state index contributed by atoms with van der Waals surface area (Å²) in [5, 5.41) is 8.95. The highest BCUT2D eigenvalue weighted by molar-refractivity contribution is 5.76. The molecule has 1 unspecified atom stereocenters. The van der Waals surface area contributed by atoms with Crippen molar-refractivity contribution in [2.75, 3.05) is 24.6 Å². The van der Waals surface area contributed by atoms with Gasteiger partial charge in [0.25, 0.3) is 0 Å². The Morgan fingerprint density at radius 1 is 1.37 bits per heavy atom. The van der Waals surface area contributed by atoms with Gasteiger partial charge in [-0.1, -0.05) is 0 Å². The molecule has 0 bridgehead atoms. The molecule has 5 heteroatoms. The van der Waals surface area contributed by atoms with Crippen molar-refractivity contribution in [2.24, 2.45) is 5.92 Å². The van der Waals surface area contributed by atoms with E-state index in [4.69, 9.17) is 5.11 Å². The average Bonchev–Trinajstić information content (AvgIpc) is 2.38. The van der Waals surface area contributed by atoms with E-state index in [1.807, 2.05) is 0 Å². The molecule has 1 aromatic carbocycles. The summed E-state index contributed by atoms with van der Waals surface area (Å²) in [6, 6.07) is 2.11. The number of carbonyl (C=O) groups is 1. The van der Waals surface area contributed by atoms with E-state index in [2.05, 4.69) is 0 Å². The molecule has 19 heavy (non-hydrogen) atoms. The van der Waals surface area contributed by atoms with E-state index in [-0.39, 0.29) is 23.8 Å². The quantitative estimate of drug-likeness (QED) is 0.853. The first kappa shape index (κ1) is 13.9. The lowest BCUT2D eigenvalue weighted by Gasteiger charge is -2.34. The minimum atomic E-state index is -0.702. The number of rotatable bonds is 4. The average molecular weight is 269 g/mol. The van der Waals surface area contributed by atoms with E-state index >= 15 is 0 Å². The monoisotopic (exact) mass is 269 g/mol. The van der Waals surface area contributed by atoms with Crippen molar-refractivity contribution in [3.63, 3.8) is 0 Å². The fourth-order valence-corrected chi connectivity index (χ4v) is 2.64. The predicted molar refractivity (Wildman–Crippen MR) is 68.4 cm³/mol. The van der Waals surface area contributed by atoms with Gasteiger partial charge in [-0.15, -0.1) is 0 Å². The summed E-state index contributed by atoms with van der Waals surface area (Å²) in [4.78, 5) is 12.2. The first-order valence-electron chi connectivity index (χ1n) is 6.45. The van der Waals surface area contributed by atoms with Crippen LogP contribution in [0.25, 0.3) is 0 Å². The smallest absolute Gasteiger partial charge is 0.150 e. The molecule has 0 aliphatic carbocycles. The van der Waals surface area contributed by atoms with Crippen LogP contribution in [0, 0.1) is 17.6 Å². The van der Waals surface area contributed by atoms with Crippen LogP contribution in [-0.2, 0) is 0 Å². The van der Waals surface area contributed by atoms with Gasteiger partial charge in [-0.2, -0.15) is 0 Å². The van der Waals surface area contributed by atoms with Crippen LogP contribution in [0.15, 0.2) is 12.1 Å². The van der Waals surface area contributed by atoms with Crippen molar-refractivity contribution in [3.8, 4) is 0 Å². The molecule has 3 nitrogen and oxygen atoms in total. The Bertz CT molecular complexity index is 440. The summed E-state index contributed by atoms with van der Waals surface area (Å²) < 4.78 is 27.8. The summed E-state index contributed by atoms with van der Waals surface area (Å²) in [5.41, 5.74) is -0.0593. The molecule has 1 aliphatic heterocycles. The summed E-state index contributed by atoms with van der Waals surface area (Å²) in [6.45, 7) is 1.22. The van der Waals surface area contributed by atoms with Crippen LogP contribution in [0.2, 0.25) is 0 Å². The number of benzene rings is 1. The largest absolute Gasteiger partial charge is 0.396 e. The SMILES string of the molecule is O=Cc1cc(F)c(N2CCCC(CCO)C2)c(F)c1. The Balaban J connectivity index is 2.23. The van der Waals surface area contributed by atoms with Crippen LogP contribution < -0.4 is 4.90 Å². The number of anilines is 1. The second-order valence-electron chi connectivity index (χ2n) is 4.92. The molecule has 1 fully saturated rings. The van der Waals surface area contributed by atoms with Crippen LogP contribution >= 0.6 is 0 Å². The van der Waals surface area contributed by atoms with Crippen molar-refractivity contribution < 1.29 is 18.7 Å². The van der Waals surface area contributed by atoms with Gasteiger partial charge in [0.2, 0.25) is 0 Å². The lowest BCUT2D eigenvalue weighted by molar-refractivity contribution is 0.112. The molecule has 0 radical (unpaired) electrons. The highest BCUT2D eigenvalue weighted by Gasteiger charge is 2.24. The minimum absolute atomic E-state index is 0.00247. The zero-order chi connectivity index (χ0) is 13.8. The fourth-order valence-electron chi connectivity index (χ4n) is 2.64. The Hall–Kier alpha value is -1.49. The van der Waals surface area contributed by atoms with Crippen molar-refractivity contribution in [2.45, 2.75) is 19.3 Å². The van der Waals surface area contributed by atoms with Crippen LogP contribution in [0.5, 0.6) is 0 Å². The Labute approximate surface area is 110 Å². The lowest BCUT2D eigenvalue weighted by atomic mass is 9.94. The molecule has 0 saturated carbocycles. The standard InChI is InChI=1S/C14H17F2NO2/c15-12-6-11(9-19)7-13(16)14(12)17-4-1-2-10(8-17)3-5-18/h6-7,9-10,18H,1-5,8H2. The maximum absolute atomic E-state index is 13.9. The topological polar surface area (TPSA) is 40.5 Å². The van der Waals surface area contributed by atoms with Gasteiger partial charge in [-0.3, -0.25) is 4.79 Å². The van der Waals surface area contributed by atoms with Gasteiger partial charge in [0.05, 0.1) is 0 Å². The van der Waals surface area contributed by atoms with Crippen LogP contribution in [0.1, 0.15) is 29.6 Å². The van der Waals surface area contributed by atoms with Gasteiger partial charge in [0.1, 0.15) is 23.6 Å². The van der Waals surface area contributed by atoms with Crippen molar-refractivity contribution in [1.29, 1.82) is 0 Å². The molecule has 1 aromatic rings. The van der Waals surface area contributed by atoms with E-state index in [1.165, 1.54) is 0 Å². The number of aliphatic hydroxyl groups excluding tert-OH is 1. The van der Waals surface area contributed by atoms with Gasteiger partial charge in [0.15, 0.2) is 0 Å². The molecule has 1 saturated heterocycles. The zero-order valence-electron chi connectivity index (χ0n) is 10.6. The second kappa shape index (κ2) is 6.10. The molecule has 2 rings (SSSR count). The minimum Gasteiger partial charge on any atom is -0.396 e. The Morgan fingerprint density at radius 3 is 2.63 bits per heavy atom. The summed E-state index contributed by atoms with van der Waals surface area (Å²) >= 11 is 0. The third-order valence-corrected chi connectivity index (χ3v) is 3.55. The predicted octanol–water partition coefficient (Wildman–Crippen LogP) is 2.38. The molecule has 1 N–H and O–H groups in total. The van der Waals surface area contributed by atoms with Gasteiger partial charge < -0.3 is 10.0 Å². The number of carbonyl (C=O) groups excluding carboxylic acids is 1. The van der Waals surface area contributed by atoms with Crippen LogP contribution in [0.4, 0.5) is 14.5 Å². The first-order valence-corrected chi connectivity index (χ1v) is 6.45. The van der Waals surface area contributed by atoms with Crippen molar-refractivity contribution >= 4 is 12.0 Å². The molecule has 1 heterocycles. The third kappa shape index (κ3) is 3.10. The third-order valence-electron chi connectivity index (χ3n) is 3.55. The molecular formula is C14H17F2NO2. The van der Waals surface area contributed by atoms with Crippen molar-refractivity contribution in [3.05, 3.63) is 29.3 Å². The zero-order valence-corrected chi connectivity index (χ0v) is 10.6. The van der Waals surface area contributed by atoms with E-state index in [1.54, 1.807) is 4.90 Å². The van der Waals surface area contributed by atoms with E-state index in [9.17, 15) is 13.6 Å². The van der Waals surface area contributed by atoms with Gasteiger partial charge in [-0.05, 0) is 37.3 Å². The number of hydrogen-bond donors (Lipinski definition) is 1. The maximum atomic E-state index is 13.9. The van der Waals surface area contributed by atoms with Gasteiger partial charge in [-0.25, -0.2) is 8.78 Å². The van der Waals surface area contributed by atoms with Crippen LogP contribution in [-0.4, -0.2) is 31.1 Å². The van der Waals surface area contributed by atoms with Gasteiger partial charge in [0, 0.05) is 25.3 Å². The maximum Gasteiger partial charge on any atom is 0.150 e. The van der Waals surface area contributed by atoms with E-state index < -0.39 is 11.6 Å². The highest BCUT2D eigenvalue weighted by atomic mass is 19.1. The molecule has 104 valence electrons. The highest BCUT2D eigenvalue weighted by Crippen LogP contribution is 2.29. The normalized spacial score (nSPS) is 19.5. The number of aldehydes is 1. The molecule has 1 aliphatic rings. The number of piperidine rings is 1. The molecule has 1 atom stereocenters. The molecular weight excluding hydrogens is 252 g/mol. The van der Waals surface area contributed by atoms with E-state index in [0.717, 1.165) is 25.0 Å². The first-order chi connectivity index (χ1) is 9.15.